The molecule has 0 spiro atoms. The van der Waals surface area contributed by atoms with Crippen LogP contribution in [-0.2, 0) is 28.5 Å². The first-order chi connectivity index (χ1) is 13.2. The summed E-state index contributed by atoms with van der Waals surface area (Å²) in [5, 5.41) is 2.63. The average molecular weight is 391 g/mol. The lowest BCUT2D eigenvalue weighted by atomic mass is 10.1. The van der Waals surface area contributed by atoms with E-state index in [9.17, 15) is 9.59 Å². The number of carbonyl (C=O) groups excluding carboxylic acids is 2. The van der Waals surface area contributed by atoms with Gasteiger partial charge in [0.2, 0.25) is 5.91 Å². The number of carbonyl (C=O) groups is 2. The maximum Gasteiger partial charge on any atom is 0.302 e. The second kappa shape index (κ2) is 6.76. The van der Waals surface area contributed by atoms with Crippen molar-refractivity contribution in [2.24, 2.45) is 0 Å². The lowest BCUT2D eigenvalue weighted by molar-refractivity contribution is -0.201. The zero-order valence-corrected chi connectivity index (χ0v) is 15.9. The van der Waals surface area contributed by atoms with Crippen LogP contribution in [0.15, 0.2) is 12.7 Å². The molecule has 11 heteroatoms. The van der Waals surface area contributed by atoms with Crippen molar-refractivity contribution in [3.05, 3.63) is 12.7 Å². The van der Waals surface area contributed by atoms with Crippen LogP contribution in [0.3, 0.4) is 0 Å². The number of esters is 1. The molecule has 0 aromatic carbocycles. The van der Waals surface area contributed by atoms with E-state index in [0.717, 1.165) is 0 Å². The topological polar surface area (TPSA) is 127 Å². The molecule has 150 valence electrons. The Bertz CT molecular complexity index is 928. The molecule has 11 nitrogen and oxygen atoms in total. The van der Waals surface area contributed by atoms with Gasteiger partial charge in [0.25, 0.3) is 0 Å². The fourth-order valence-corrected chi connectivity index (χ4v) is 3.51. The van der Waals surface area contributed by atoms with Gasteiger partial charge in [0, 0.05) is 13.8 Å². The van der Waals surface area contributed by atoms with Crippen LogP contribution in [0.1, 0.15) is 33.9 Å². The Morgan fingerprint density at radius 2 is 1.96 bits per heavy atom. The summed E-state index contributed by atoms with van der Waals surface area (Å²) in [4.78, 5) is 35.3. The number of nitrogens with zero attached hydrogens (tertiary/aromatic N) is 4. The number of amides is 1. The van der Waals surface area contributed by atoms with Crippen molar-refractivity contribution in [1.82, 2.24) is 19.5 Å². The van der Waals surface area contributed by atoms with Gasteiger partial charge in [0.15, 0.2) is 29.0 Å². The van der Waals surface area contributed by atoms with Gasteiger partial charge in [-0.15, -0.1) is 0 Å². The zero-order valence-electron chi connectivity index (χ0n) is 15.9. The highest BCUT2D eigenvalue weighted by Gasteiger charge is 2.56. The van der Waals surface area contributed by atoms with Gasteiger partial charge in [0.1, 0.15) is 31.2 Å². The summed E-state index contributed by atoms with van der Waals surface area (Å²) in [5.41, 5.74) is 0.906. The number of nitrogens with one attached hydrogen (secondary N) is 1. The predicted molar refractivity (Wildman–Crippen MR) is 94.0 cm³/mol. The van der Waals surface area contributed by atoms with Crippen LogP contribution in [0.25, 0.3) is 11.2 Å². The molecule has 4 rings (SSSR count). The molecule has 2 aliphatic rings. The molecule has 1 amide bonds. The van der Waals surface area contributed by atoms with Crippen molar-refractivity contribution in [1.29, 1.82) is 0 Å². The molecule has 2 aromatic rings. The summed E-state index contributed by atoms with van der Waals surface area (Å²) in [7, 11) is 0. The molecule has 0 radical (unpaired) electrons. The lowest BCUT2D eigenvalue weighted by Crippen LogP contribution is -2.33. The molecule has 4 atom stereocenters. The van der Waals surface area contributed by atoms with E-state index in [0.29, 0.717) is 17.0 Å². The summed E-state index contributed by atoms with van der Waals surface area (Å²) < 4.78 is 24.9. The number of hydrogen-bond donors (Lipinski definition) is 1. The fourth-order valence-electron chi connectivity index (χ4n) is 3.51. The number of ether oxygens (including phenoxy) is 4. The smallest absolute Gasteiger partial charge is 0.302 e. The molecule has 0 unspecified atom stereocenters. The van der Waals surface area contributed by atoms with E-state index in [-0.39, 0.29) is 12.5 Å². The average Bonchev–Trinajstić information content (AvgIpc) is 3.24. The van der Waals surface area contributed by atoms with Crippen molar-refractivity contribution in [3.63, 3.8) is 0 Å². The van der Waals surface area contributed by atoms with Gasteiger partial charge in [-0.2, -0.15) is 0 Å². The molecule has 2 saturated heterocycles. The number of fused-ring (bicyclic) bond motifs is 2. The molecular weight excluding hydrogens is 370 g/mol. The van der Waals surface area contributed by atoms with E-state index < -0.39 is 36.3 Å². The Morgan fingerprint density at radius 1 is 1.21 bits per heavy atom. The number of imidazole rings is 1. The Kier molecular flexibility index (Phi) is 4.52. The first kappa shape index (κ1) is 18.7. The van der Waals surface area contributed by atoms with Crippen LogP contribution in [0.4, 0.5) is 5.82 Å². The van der Waals surface area contributed by atoms with Gasteiger partial charge in [-0.3, -0.25) is 14.2 Å². The van der Waals surface area contributed by atoms with Gasteiger partial charge in [0.05, 0.1) is 6.33 Å². The van der Waals surface area contributed by atoms with Crippen molar-refractivity contribution >= 4 is 28.9 Å². The third-order valence-electron chi connectivity index (χ3n) is 4.50. The second-order valence-corrected chi connectivity index (χ2v) is 7.16. The standard InChI is InChI=1S/C17H21N5O6/c1-8(23)21-14-11-15(19-6-18-14)22(7-20-11)16-13-12(27-17(3,4)28-13)10(26-16)5-25-9(2)24/h6-7,10,12-13,16H,5H2,1-4H3,(H,18,19,21,23)/t10-,12-,13-,16-/m1/s1. The zero-order chi connectivity index (χ0) is 20.1. The van der Waals surface area contributed by atoms with Crippen molar-refractivity contribution in [2.45, 2.75) is 58.0 Å². The molecule has 2 aliphatic heterocycles. The van der Waals surface area contributed by atoms with Crippen molar-refractivity contribution in [3.8, 4) is 0 Å². The molecule has 2 fully saturated rings. The summed E-state index contributed by atoms with van der Waals surface area (Å²) in [6.45, 7) is 6.40. The SMILES string of the molecule is CC(=O)Nc1ncnc2c1ncn2[C@@H]1O[C@H](COC(C)=O)[C@H]2OC(C)(C)O[C@H]21. The molecule has 0 aliphatic carbocycles. The van der Waals surface area contributed by atoms with Crippen LogP contribution < -0.4 is 5.32 Å². The van der Waals surface area contributed by atoms with Crippen LogP contribution in [-0.4, -0.2) is 62.1 Å². The molecule has 4 heterocycles. The maximum absolute atomic E-state index is 11.4. The summed E-state index contributed by atoms with van der Waals surface area (Å²) in [6.07, 6.45) is 0.910. The van der Waals surface area contributed by atoms with E-state index >= 15 is 0 Å². The second-order valence-electron chi connectivity index (χ2n) is 7.16. The van der Waals surface area contributed by atoms with E-state index in [1.54, 1.807) is 10.9 Å². The van der Waals surface area contributed by atoms with Crippen LogP contribution >= 0.6 is 0 Å². The third-order valence-corrected chi connectivity index (χ3v) is 4.50. The number of aromatic nitrogens is 4. The first-order valence-corrected chi connectivity index (χ1v) is 8.85. The summed E-state index contributed by atoms with van der Waals surface area (Å²) in [6, 6.07) is 0. The van der Waals surface area contributed by atoms with Gasteiger partial charge >= 0.3 is 5.97 Å². The molecule has 0 saturated carbocycles. The minimum Gasteiger partial charge on any atom is -0.463 e. The Hall–Kier alpha value is -2.63. The summed E-state index contributed by atoms with van der Waals surface area (Å²) >= 11 is 0. The van der Waals surface area contributed by atoms with E-state index in [4.69, 9.17) is 18.9 Å². The molecular formula is C17H21N5O6. The normalized spacial score (nSPS) is 28.3. The Morgan fingerprint density at radius 3 is 2.68 bits per heavy atom. The van der Waals surface area contributed by atoms with Crippen LogP contribution in [0.2, 0.25) is 0 Å². The van der Waals surface area contributed by atoms with E-state index in [1.807, 2.05) is 13.8 Å². The minimum atomic E-state index is -0.807. The monoisotopic (exact) mass is 391 g/mol. The third kappa shape index (κ3) is 3.32. The summed E-state index contributed by atoms with van der Waals surface area (Å²) in [5.74, 6) is -1.16. The number of anilines is 1. The van der Waals surface area contributed by atoms with E-state index in [2.05, 4.69) is 20.3 Å². The lowest BCUT2D eigenvalue weighted by Gasteiger charge is -2.24. The fraction of sp³-hybridized carbons (Fsp3) is 0.588. The van der Waals surface area contributed by atoms with Gasteiger partial charge in [-0.05, 0) is 13.8 Å². The predicted octanol–water partition coefficient (Wildman–Crippen LogP) is 0.765. The molecule has 1 N–H and O–H groups in total. The number of hydrogen-bond acceptors (Lipinski definition) is 9. The van der Waals surface area contributed by atoms with Crippen LogP contribution in [0.5, 0.6) is 0 Å². The molecule has 2 aromatic heterocycles. The highest BCUT2D eigenvalue weighted by atomic mass is 16.8. The molecule has 0 bridgehead atoms. The van der Waals surface area contributed by atoms with Crippen molar-refractivity contribution < 1.29 is 28.5 Å². The highest BCUT2D eigenvalue weighted by molar-refractivity contribution is 5.95. The largest absolute Gasteiger partial charge is 0.463 e. The minimum absolute atomic E-state index is 0.0468. The van der Waals surface area contributed by atoms with Crippen molar-refractivity contribution in [2.75, 3.05) is 11.9 Å². The van der Waals surface area contributed by atoms with Gasteiger partial charge in [-0.25, -0.2) is 15.0 Å². The van der Waals surface area contributed by atoms with Gasteiger partial charge < -0.3 is 24.3 Å². The maximum atomic E-state index is 11.4. The quantitative estimate of drug-likeness (QED) is 0.752. The Balaban J connectivity index is 1.68. The van der Waals surface area contributed by atoms with Gasteiger partial charge in [-0.1, -0.05) is 0 Å². The van der Waals surface area contributed by atoms with E-state index in [1.165, 1.54) is 20.2 Å². The van der Waals surface area contributed by atoms with Crippen LogP contribution in [0, 0.1) is 0 Å². The first-order valence-electron chi connectivity index (χ1n) is 8.85. The Labute approximate surface area is 160 Å². The molecule has 28 heavy (non-hydrogen) atoms. The number of rotatable bonds is 4. The highest BCUT2D eigenvalue weighted by Crippen LogP contribution is 2.43.